The number of nitrogens with one attached hydrogen (secondary N) is 1. The molecule has 1 heterocycles. The van der Waals surface area contributed by atoms with E-state index in [0.29, 0.717) is 6.54 Å². The average molecular weight is 230 g/mol. The molecular formula is C14H18N2O. The molecule has 2 rings (SSSR count). The van der Waals surface area contributed by atoms with Gasteiger partial charge in [0.15, 0.2) is 0 Å². The van der Waals surface area contributed by atoms with Crippen LogP contribution < -0.4 is 11.1 Å². The van der Waals surface area contributed by atoms with Crippen LogP contribution in [0.25, 0.3) is 0 Å². The Labute approximate surface area is 102 Å². The van der Waals surface area contributed by atoms with Gasteiger partial charge in [0.1, 0.15) is 5.76 Å². The second-order valence-electron chi connectivity index (χ2n) is 4.01. The topological polar surface area (TPSA) is 51.2 Å². The molecular weight excluding hydrogens is 212 g/mol. The SMILES string of the molecule is NCc1ccc(NCCCc2ccco2)cc1. The Morgan fingerprint density at radius 3 is 2.59 bits per heavy atom. The van der Waals surface area contributed by atoms with Crippen LogP contribution in [-0.4, -0.2) is 6.54 Å². The molecule has 1 aromatic carbocycles. The predicted molar refractivity (Wildman–Crippen MR) is 69.9 cm³/mol. The molecule has 3 nitrogen and oxygen atoms in total. The van der Waals surface area contributed by atoms with Crippen molar-refractivity contribution in [3.05, 3.63) is 54.0 Å². The van der Waals surface area contributed by atoms with E-state index in [1.165, 1.54) is 0 Å². The Bertz CT molecular complexity index is 420. The molecule has 0 spiro atoms. The minimum atomic E-state index is 0.596. The average Bonchev–Trinajstić information content (AvgIpc) is 2.88. The Hall–Kier alpha value is -1.74. The molecule has 0 bridgehead atoms. The summed E-state index contributed by atoms with van der Waals surface area (Å²) >= 11 is 0. The summed E-state index contributed by atoms with van der Waals surface area (Å²) in [6, 6.07) is 12.2. The van der Waals surface area contributed by atoms with Crippen LogP contribution in [-0.2, 0) is 13.0 Å². The lowest BCUT2D eigenvalue weighted by atomic mass is 10.2. The zero-order valence-corrected chi connectivity index (χ0v) is 9.86. The van der Waals surface area contributed by atoms with E-state index in [1.54, 1.807) is 6.26 Å². The first-order valence-corrected chi connectivity index (χ1v) is 5.94. The van der Waals surface area contributed by atoms with Crippen molar-refractivity contribution in [2.24, 2.45) is 5.73 Å². The van der Waals surface area contributed by atoms with Crippen molar-refractivity contribution in [1.29, 1.82) is 0 Å². The third-order valence-electron chi connectivity index (χ3n) is 2.70. The van der Waals surface area contributed by atoms with Gasteiger partial charge in [0.05, 0.1) is 6.26 Å². The number of hydrogen-bond donors (Lipinski definition) is 2. The molecule has 0 radical (unpaired) electrons. The van der Waals surface area contributed by atoms with Crippen molar-refractivity contribution < 1.29 is 4.42 Å². The second kappa shape index (κ2) is 6.11. The summed E-state index contributed by atoms with van der Waals surface area (Å²) in [6.45, 7) is 1.54. The van der Waals surface area contributed by atoms with Gasteiger partial charge >= 0.3 is 0 Å². The van der Waals surface area contributed by atoms with E-state index in [-0.39, 0.29) is 0 Å². The van der Waals surface area contributed by atoms with Gasteiger partial charge in [-0.25, -0.2) is 0 Å². The maximum absolute atomic E-state index is 5.54. The number of furan rings is 1. The first-order chi connectivity index (χ1) is 8.38. The van der Waals surface area contributed by atoms with Crippen molar-refractivity contribution in [1.82, 2.24) is 0 Å². The van der Waals surface area contributed by atoms with E-state index in [4.69, 9.17) is 10.2 Å². The van der Waals surface area contributed by atoms with E-state index < -0.39 is 0 Å². The van der Waals surface area contributed by atoms with Gasteiger partial charge in [-0.2, -0.15) is 0 Å². The van der Waals surface area contributed by atoms with Crippen LogP contribution in [0.2, 0.25) is 0 Å². The van der Waals surface area contributed by atoms with Crippen molar-refractivity contribution in [3.63, 3.8) is 0 Å². The lowest BCUT2D eigenvalue weighted by Gasteiger charge is -2.06. The summed E-state index contributed by atoms with van der Waals surface area (Å²) in [6.07, 6.45) is 3.75. The minimum Gasteiger partial charge on any atom is -0.469 e. The smallest absolute Gasteiger partial charge is 0.103 e. The molecule has 0 aliphatic carbocycles. The van der Waals surface area contributed by atoms with E-state index >= 15 is 0 Å². The number of rotatable bonds is 6. The Morgan fingerprint density at radius 2 is 1.94 bits per heavy atom. The van der Waals surface area contributed by atoms with Crippen LogP contribution in [0.3, 0.4) is 0 Å². The lowest BCUT2D eigenvalue weighted by Crippen LogP contribution is -2.03. The first-order valence-electron chi connectivity index (χ1n) is 5.94. The highest BCUT2D eigenvalue weighted by atomic mass is 16.3. The highest BCUT2D eigenvalue weighted by Gasteiger charge is 1.96. The molecule has 0 aliphatic rings. The van der Waals surface area contributed by atoms with Gasteiger partial charge in [-0.05, 0) is 36.2 Å². The summed E-state index contributed by atoms with van der Waals surface area (Å²) < 4.78 is 5.27. The maximum atomic E-state index is 5.54. The quantitative estimate of drug-likeness (QED) is 0.750. The third-order valence-corrected chi connectivity index (χ3v) is 2.70. The van der Waals surface area contributed by atoms with E-state index in [2.05, 4.69) is 29.6 Å². The summed E-state index contributed by atoms with van der Waals surface area (Å²) in [7, 11) is 0. The van der Waals surface area contributed by atoms with Crippen LogP contribution in [0.5, 0.6) is 0 Å². The predicted octanol–water partition coefficient (Wildman–Crippen LogP) is 2.78. The molecule has 2 aromatic rings. The lowest BCUT2D eigenvalue weighted by molar-refractivity contribution is 0.504. The van der Waals surface area contributed by atoms with Gasteiger partial charge in [-0.3, -0.25) is 0 Å². The molecule has 1 aromatic heterocycles. The molecule has 3 N–H and O–H groups in total. The van der Waals surface area contributed by atoms with Gasteiger partial charge in [-0.15, -0.1) is 0 Å². The minimum absolute atomic E-state index is 0.596. The Kier molecular flexibility index (Phi) is 4.22. The molecule has 0 saturated carbocycles. The molecule has 0 fully saturated rings. The molecule has 0 amide bonds. The molecule has 3 heteroatoms. The van der Waals surface area contributed by atoms with Gasteiger partial charge in [-0.1, -0.05) is 12.1 Å². The maximum Gasteiger partial charge on any atom is 0.103 e. The molecule has 17 heavy (non-hydrogen) atoms. The van der Waals surface area contributed by atoms with Gasteiger partial charge < -0.3 is 15.5 Å². The zero-order chi connectivity index (χ0) is 11.9. The summed E-state index contributed by atoms with van der Waals surface area (Å²) in [5.74, 6) is 1.05. The van der Waals surface area contributed by atoms with E-state index in [0.717, 1.165) is 36.4 Å². The fourth-order valence-electron chi connectivity index (χ4n) is 1.71. The monoisotopic (exact) mass is 230 g/mol. The molecule has 90 valence electrons. The van der Waals surface area contributed by atoms with Crippen LogP contribution >= 0.6 is 0 Å². The molecule has 0 aliphatic heterocycles. The van der Waals surface area contributed by atoms with Crippen molar-refractivity contribution in [3.8, 4) is 0 Å². The molecule has 0 saturated heterocycles. The van der Waals surface area contributed by atoms with E-state index in [9.17, 15) is 0 Å². The normalized spacial score (nSPS) is 10.4. The number of aryl methyl sites for hydroxylation is 1. The van der Waals surface area contributed by atoms with Crippen molar-refractivity contribution in [2.75, 3.05) is 11.9 Å². The van der Waals surface area contributed by atoms with Crippen molar-refractivity contribution in [2.45, 2.75) is 19.4 Å². The molecule has 0 unspecified atom stereocenters. The summed E-state index contributed by atoms with van der Waals surface area (Å²) in [5, 5.41) is 3.38. The highest BCUT2D eigenvalue weighted by molar-refractivity contribution is 5.44. The highest BCUT2D eigenvalue weighted by Crippen LogP contribution is 2.09. The van der Waals surface area contributed by atoms with Gasteiger partial charge in [0.2, 0.25) is 0 Å². The largest absolute Gasteiger partial charge is 0.469 e. The van der Waals surface area contributed by atoms with Gasteiger partial charge in [0.25, 0.3) is 0 Å². The van der Waals surface area contributed by atoms with Crippen LogP contribution in [0.4, 0.5) is 5.69 Å². The zero-order valence-electron chi connectivity index (χ0n) is 9.86. The number of anilines is 1. The summed E-state index contributed by atoms with van der Waals surface area (Å²) in [4.78, 5) is 0. The summed E-state index contributed by atoms with van der Waals surface area (Å²) in [5.41, 5.74) is 7.84. The second-order valence-corrected chi connectivity index (χ2v) is 4.01. The standard InChI is InChI=1S/C14H18N2O/c15-11-12-5-7-13(8-6-12)16-9-1-3-14-4-2-10-17-14/h2,4-8,10,16H,1,3,9,11,15H2. The fourth-order valence-corrected chi connectivity index (χ4v) is 1.71. The number of hydrogen-bond acceptors (Lipinski definition) is 3. The van der Waals surface area contributed by atoms with Gasteiger partial charge in [0, 0.05) is 25.2 Å². The van der Waals surface area contributed by atoms with E-state index in [1.807, 2.05) is 12.1 Å². The fraction of sp³-hybridized carbons (Fsp3) is 0.286. The van der Waals surface area contributed by atoms with Crippen LogP contribution in [0, 0.1) is 0 Å². The molecule has 0 atom stereocenters. The van der Waals surface area contributed by atoms with Crippen LogP contribution in [0.15, 0.2) is 47.1 Å². The number of nitrogens with two attached hydrogens (primary N) is 1. The van der Waals surface area contributed by atoms with Crippen molar-refractivity contribution >= 4 is 5.69 Å². The van der Waals surface area contributed by atoms with Crippen LogP contribution in [0.1, 0.15) is 17.7 Å². The Morgan fingerprint density at radius 1 is 1.12 bits per heavy atom. The number of benzene rings is 1. The first kappa shape index (κ1) is 11.7. The Balaban J connectivity index is 1.70. The third kappa shape index (κ3) is 3.64.